The molecule has 3 rings (SSSR count). The highest BCUT2D eigenvalue weighted by Gasteiger charge is 2.40. The van der Waals surface area contributed by atoms with E-state index in [1.54, 1.807) is 19.1 Å². The van der Waals surface area contributed by atoms with Gasteiger partial charge in [0.25, 0.3) is 0 Å². The largest absolute Gasteiger partial charge is 0.462 e. The van der Waals surface area contributed by atoms with Gasteiger partial charge in [0.15, 0.2) is 14.7 Å². The molecule has 9 heteroatoms. The summed E-state index contributed by atoms with van der Waals surface area (Å²) in [7, 11) is -1.46. The van der Waals surface area contributed by atoms with Crippen molar-refractivity contribution in [2.45, 2.75) is 47.8 Å². The van der Waals surface area contributed by atoms with Crippen LogP contribution in [0.3, 0.4) is 0 Å². The topological polar surface area (TPSA) is 26.3 Å². The lowest BCUT2D eigenvalue weighted by molar-refractivity contribution is -0.138. The van der Waals surface area contributed by atoms with Crippen molar-refractivity contribution in [1.29, 1.82) is 0 Å². The van der Waals surface area contributed by atoms with E-state index in [0.29, 0.717) is 11.1 Å². The molecule has 0 radical (unpaired) electrons. The van der Waals surface area contributed by atoms with Gasteiger partial charge in [-0.1, -0.05) is 12.1 Å². The Hall–Kier alpha value is -2.94. The summed E-state index contributed by atoms with van der Waals surface area (Å²) in [5.74, 6) is -0.706. The van der Waals surface area contributed by atoms with E-state index in [-0.39, 0.29) is 26.9 Å². The van der Waals surface area contributed by atoms with Gasteiger partial charge in [0.1, 0.15) is 16.5 Å². The molecule has 0 heterocycles. The number of carbonyl (C=O) groups excluding carboxylic acids is 1. The molecule has 0 spiro atoms. The molecule has 0 saturated heterocycles. The van der Waals surface area contributed by atoms with Gasteiger partial charge in [0.2, 0.25) is 0 Å². The predicted octanol–water partition coefficient (Wildman–Crippen LogP) is 7.61. The summed E-state index contributed by atoms with van der Waals surface area (Å²) < 4.78 is 86.6. The molecule has 0 bridgehead atoms. The zero-order valence-corrected chi connectivity index (χ0v) is 19.3. The Bertz CT molecular complexity index is 1140. The van der Waals surface area contributed by atoms with Crippen molar-refractivity contribution in [3.8, 4) is 0 Å². The van der Waals surface area contributed by atoms with E-state index in [1.165, 1.54) is 38.1 Å². The Balaban J connectivity index is 2.36. The molecule has 0 aromatic heterocycles. The Morgan fingerprint density at radius 2 is 1.26 bits per heavy atom. The minimum absolute atomic E-state index is 0.0618. The van der Waals surface area contributed by atoms with E-state index >= 15 is 0 Å². The van der Waals surface area contributed by atoms with Crippen LogP contribution in [0.25, 0.3) is 0 Å². The smallest absolute Gasteiger partial charge is 0.416 e. The number of hydrogen-bond acceptors (Lipinski definition) is 2. The number of rotatable bonds is 5. The van der Waals surface area contributed by atoms with Crippen molar-refractivity contribution in [1.82, 2.24) is 0 Å². The molecule has 2 nitrogen and oxygen atoms in total. The average Bonchev–Trinajstić information content (AvgIpc) is 2.72. The van der Waals surface area contributed by atoms with Gasteiger partial charge in [-0.15, -0.1) is 0 Å². The molecule has 0 amide bonds. The summed E-state index contributed by atoms with van der Waals surface area (Å²) in [6, 6.07) is 12.9. The van der Waals surface area contributed by atoms with Gasteiger partial charge in [-0.2, -0.15) is 26.3 Å². The third-order valence-electron chi connectivity index (χ3n) is 4.83. The maximum Gasteiger partial charge on any atom is 0.416 e. The second kappa shape index (κ2) is 9.74. The van der Waals surface area contributed by atoms with Crippen LogP contribution >= 0.6 is 0 Å². The van der Waals surface area contributed by atoms with Crippen molar-refractivity contribution in [2.24, 2.45) is 0 Å². The number of hydrogen-bond donors (Lipinski definition) is 0. The lowest BCUT2D eigenvalue weighted by Gasteiger charge is -2.16. The van der Waals surface area contributed by atoms with Crippen LogP contribution in [0.5, 0.6) is 0 Å². The molecule has 0 N–H and O–H groups in total. The third-order valence-corrected chi connectivity index (χ3v) is 7.04. The molecular formula is C25H21F6O2S+. The van der Waals surface area contributed by atoms with Crippen molar-refractivity contribution in [3.05, 3.63) is 88.5 Å². The highest BCUT2D eigenvalue weighted by atomic mass is 32.2. The van der Waals surface area contributed by atoms with Gasteiger partial charge in [-0.25, -0.2) is 4.79 Å². The molecule has 0 aliphatic carbocycles. The monoisotopic (exact) mass is 499 g/mol. The maximum absolute atomic E-state index is 13.6. The van der Waals surface area contributed by atoms with Gasteiger partial charge in [-0.3, -0.25) is 0 Å². The van der Waals surface area contributed by atoms with Gasteiger partial charge >= 0.3 is 18.3 Å². The van der Waals surface area contributed by atoms with Gasteiger partial charge in [-0.05, 0) is 68.3 Å². The maximum atomic E-state index is 13.6. The van der Waals surface area contributed by atoms with E-state index in [4.69, 9.17) is 4.74 Å². The molecule has 0 atom stereocenters. The number of halogens is 6. The van der Waals surface area contributed by atoms with Crippen LogP contribution in [0.2, 0.25) is 0 Å². The first-order chi connectivity index (χ1) is 15.8. The van der Waals surface area contributed by atoms with Crippen LogP contribution in [0.1, 0.15) is 39.5 Å². The number of alkyl halides is 6. The van der Waals surface area contributed by atoms with Crippen molar-refractivity contribution < 1.29 is 35.9 Å². The minimum Gasteiger partial charge on any atom is -0.462 e. The lowest BCUT2D eigenvalue weighted by Crippen LogP contribution is -2.16. The van der Waals surface area contributed by atoms with E-state index in [1.807, 2.05) is 0 Å². The molecule has 0 unspecified atom stereocenters. The van der Waals surface area contributed by atoms with Gasteiger partial charge in [0, 0.05) is 12.1 Å². The van der Waals surface area contributed by atoms with Gasteiger partial charge < -0.3 is 4.74 Å². The molecule has 0 aliphatic heterocycles. The number of carbonyl (C=O) groups is 1. The van der Waals surface area contributed by atoms with E-state index in [2.05, 4.69) is 0 Å². The molecule has 0 aliphatic rings. The Morgan fingerprint density at radius 3 is 1.71 bits per heavy atom. The minimum atomic E-state index is -4.65. The molecule has 0 saturated carbocycles. The Kier molecular flexibility index (Phi) is 7.35. The standard InChI is InChI=1S/C25H21F6O2S/c1-4-33-23(32)21-7-5-6-8-22(21)34(19-11-15(2)9-17(13-19)24(26,27)28)20-12-16(3)10-18(14-20)25(29,30)31/h5-14H,4H2,1-3H3/q+1. The van der Waals surface area contributed by atoms with E-state index in [9.17, 15) is 31.1 Å². The second-order valence-corrected chi connectivity index (χ2v) is 9.58. The molecule has 3 aromatic rings. The summed E-state index contributed by atoms with van der Waals surface area (Å²) >= 11 is 0. The molecule has 180 valence electrons. The lowest BCUT2D eigenvalue weighted by atomic mass is 10.1. The Morgan fingerprint density at radius 1 is 0.794 bits per heavy atom. The van der Waals surface area contributed by atoms with E-state index < -0.39 is 40.3 Å². The Labute approximate surface area is 195 Å². The quantitative estimate of drug-likeness (QED) is 0.205. The van der Waals surface area contributed by atoms with Crippen LogP contribution in [0, 0.1) is 13.8 Å². The first-order valence-corrected chi connectivity index (χ1v) is 11.4. The van der Waals surface area contributed by atoms with Crippen molar-refractivity contribution in [3.63, 3.8) is 0 Å². The summed E-state index contributed by atoms with van der Waals surface area (Å²) in [5.41, 5.74) is -1.17. The van der Waals surface area contributed by atoms with Crippen molar-refractivity contribution in [2.75, 3.05) is 6.61 Å². The zero-order valence-electron chi connectivity index (χ0n) is 18.5. The molecular weight excluding hydrogens is 478 g/mol. The number of ether oxygens (including phenoxy) is 1. The number of esters is 1. The molecule has 3 aromatic carbocycles. The van der Waals surface area contributed by atoms with E-state index in [0.717, 1.165) is 24.3 Å². The summed E-state index contributed by atoms with van der Waals surface area (Å²) in [6.45, 7) is 4.63. The summed E-state index contributed by atoms with van der Waals surface area (Å²) in [6.07, 6.45) is -9.31. The first-order valence-electron chi connectivity index (χ1n) is 10.2. The normalized spacial score (nSPS) is 12.2. The average molecular weight is 499 g/mol. The summed E-state index contributed by atoms with van der Waals surface area (Å²) in [4.78, 5) is 13.2. The van der Waals surface area contributed by atoms with Crippen molar-refractivity contribution >= 4 is 16.9 Å². The van der Waals surface area contributed by atoms with Crippen LogP contribution in [0.4, 0.5) is 26.3 Å². The number of benzene rings is 3. The van der Waals surface area contributed by atoms with Crippen LogP contribution in [-0.4, -0.2) is 12.6 Å². The van der Waals surface area contributed by atoms with Crippen LogP contribution in [0.15, 0.2) is 75.4 Å². The van der Waals surface area contributed by atoms with Gasteiger partial charge in [0.05, 0.1) is 17.7 Å². The zero-order chi connectivity index (χ0) is 25.3. The SMILES string of the molecule is CCOC(=O)c1ccccc1[S+](c1cc(C)cc(C(F)(F)F)c1)c1cc(C)cc(C(F)(F)F)c1. The van der Waals surface area contributed by atoms with Crippen LogP contribution in [-0.2, 0) is 28.0 Å². The number of aryl methyl sites for hydroxylation is 2. The van der Waals surface area contributed by atoms with Crippen LogP contribution < -0.4 is 0 Å². The first kappa shape index (κ1) is 25.7. The fraction of sp³-hybridized carbons (Fsp3) is 0.240. The highest BCUT2D eigenvalue weighted by molar-refractivity contribution is 7.97. The highest BCUT2D eigenvalue weighted by Crippen LogP contribution is 2.40. The third kappa shape index (κ3) is 5.75. The fourth-order valence-electron chi connectivity index (χ4n) is 3.47. The molecule has 34 heavy (non-hydrogen) atoms. The summed E-state index contributed by atoms with van der Waals surface area (Å²) in [5, 5.41) is 0. The molecule has 0 fully saturated rings. The second-order valence-electron chi connectivity index (χ2n) is 7.59. The predicted molar refractivity (Wildman–Crippen MR) is 117 cm³/mol. The fourth-order valence-corrected chi connectivity index (χ4v) is 5.93.